The number of ether oxygens (including phenoxy) is 1. The standard InChI is InChI=1S/C25H33ClN2O3/c1-5-7-14-27-25(30)23(6-2)28(16-20-11-9-8-10-18(20)3)24(29)17-31-21-12-13-22(26)19(4)15-21/h8-13,15,23H,5-7,14,16-17H2,1-4H3,(H,27,30)/t23-/m0/s1. The number of rotatable bonds is 11. The average molecular weight is 445 g/mol. The van der Waals surface area contributed by atoms with E-state index in [1.807, 2.05) is 45.0 Å². The SMILES string of the molecule is CCCCNC(=O)[C@H](CC)N(Cc1ccccc1C)C(=O)COc1ccc(Cl)c(C)c1. The van der Waals surface area contributed by atoms with Crippen molar-refractivity contribution < 1.29 is 14.3 Å². The van der Waals surface area contributed by atoms with Gasteiger partial charge in [-0.25, -0.2) is 0 Å². The normalized spacial score (nSPS) is 11.6. The summed E-state index contributed by atoms with van der Waals surface area (Å²) < 4.78 is 5.74. The van der Waals surface area contributed by atoms with Crippen LogP contribution in [0, 0.1) is 13.8 Å². The lowest BCUT2D eigenvalue weighted by Crippen LogP contribution is -2.50. The predicted octanol–water partition coefficient (Wildman–Crippen LogP) is 5.06. The van der Waals surface area contributed by atoms with Gasteiger partial charge >= 0.3 is 0 Å². The molecule has 0 saturated heterocycles. The molecule has 0 aliphatic heterocycles. The maximum absolute atomic E-state index is 13.2. The molecule has 1 atom stereocenters. The molecule has 0 aliphatic carbocycles. The first-order valence-electron chi connectivity index (χ1n) is 10.9. The molecule has 0 fully saturated rings. The van der Waals surface area contributed by atoms with E-state index in [2.05, 4.69) is 12.2 Å². The van der Waals surface area contributed by atoms with Gasteiger partial charge in [-0.05, 0) is 61.6 Å². The third-order valence-corrected chi connectivity index (χ3v) is 5.73. The van der Waals surface area contributed by atoms with Crippen molar-refractivity contribution in [3.05, 3.63) is 64.2 Å². The van der Waals surface area contributed by atoms with Crippen molar-refractivity contribution in [3.8, 4) is 5.75 Å². The highest BCUT2D eigenvalue weighted by atomic mass is 35.5. The van der Waals surface area contributed by atoms with Crippen molar-refractivity contribution in [2.45, 2.75) is 59.5 Å². The molecule has 0 heterocycles. The number of benzene rings is 2. The van der Waals surface area contributed by atoms with Crippen LogP contribution in [0.25, 0.3) is 0 Å². The summed E-state index contributed by atoms with van der Waals surface area (Å²) in [5.74, 6) is 0.222. The number of halogens is 1. The first-order valence-corrected chi connectivity index (χ1v) is 11.3. The molecule has 2 aromatic rings. The molecule has 0 unspecified atom stereocenters. The molecule has 168 valence electrons. The number of nitrogens with one attached hydrogen (secondary N) is 1. The lowest BCUT2D eigenvalue weighted by atomic mass is 10.1. The summed E-state index contributed by atoms with van der Waals surface area (Å²) in [6, 6.07) is 12.6. The fraction of sp³-hybridized carbons (Fsp3) is 0.440. The van der Waals surface area contributed by atoms with Crippen LogP contribution in [0.3, 0.4) is 0 Å². The molecule has 0 saturated carbocycles. The zero-order valence-corrected chi connectivity index (χ0v) is 19.7. The monoisotopic (exact) mass is 444 g/mol. The van der Waals surface area contributed by atoms with E-state index in [4.69, 9.17) is 16.3 Å². The van der Waals surface area contributed by atoms with Crippen molar-refractivity contribution in [1.82, 2.24) is 10.2 Å². The highest BCUT2D eigenvalue weighted by molar-refractivity contribution is 6.31. The molecule has 1 N–H and O–H groups in total. The van der Waals surface area contributed by atoms with Crippen LogP contribution in [0.15, 0.2) is 42.5 Å². The highest BCUT2D eigenvalue weighted by Gasteiger charge is 2.29. The van der Waals surface area contributed by atoms with Gasteiger partial charge in [-0.1, -0.05) is 56.1 Å². The molecule has 0 radical (unpaired) electrons. The van der Waals surface area contributed by atoms with Crippen LogP contribution in [-0.2, 0) is 16.1 Å². The van der Waals surface area contributed by atoms with Crippen LogP contribution in [-0.4, -0.2) is 35.9 Å². The van der Waals surface area contributed by atoms with E-state index in [1.54, 1.807) is 23.1 Å². The third-order valence-electron chi connectivity index (χ3n) is 5.31. The van der Waals surface area contributed by atoms with E-state index < -0.39 is 6.04 Å². The van der Waals surface area contributed by atoms with Crippen LogP contribution < -0.4 is 10.1 Å². The summed E-state index contributed by atoms with van der Waals surface area (Å²) in [7, 11) is 0. The number of hydrogen-bond acceptors (Lipinski definition) is 3. The van der Waals surface area contributed by atoms with Crippen molar-refractivity contribution >= 4 is 23.4 Å². The zero-order chi connectivity index (χ0) is 22.8. The van der Waals surface area contributed by atoms with Gasteiger partial charge in [-0.2, -0.15) is 0 Å². The summed E-state index contributed by atoms with van der Waals surface area (Å²) >= 11 is 6.07. The van der Waals surface area contributed by atoms with Crippen LogP contribution in [0.2, 0.25) is 5.02 Å². The summed E-state index contributed by atoms with van der Waals surface area (Å²) in [5, 5.41) is 3.62. The van der Waals surface area contributed by atoms with Gasteiger partial charge in [0.15, 0.2) is 6.61 Å². The maximum atomic E-state index is 13.2. The quantitative estimate of drug-likeness (QED) is 0.493. The number of nitrogens with zero attached hydrogens (tertiary/aromatic N) is 1. The fourth-order valence-corrected chi connectivity index (χ4v) is 3.45. The smallest absolute Gasteiger partial charge is 0.261 e. The summed E-state index contributed by atoms with van der Waals surface area (Å²) in [6.45, 7) is 8.71. The zero-order valence-electron chi connectivity index (χ0n) is 18.9. The van der Waals surface area contributed by atoms with E-state index in [1.165, 1.54) is 0 Å². The van der Waals surface area contributed by atoms with Crippen molar-refractivity contribution in [2.24, 2.45) is 0 Å². The molecule has 0 spiro atoms. The molecule has 2 amide bonds. The largest absolute Gasteiger partial charge is 0.484 e. The van der Waals surface area contributed by atoms with E-state index in [0.29, 0.717) is 30.3 Å². The number of carbonyl (C=O) groups excluding carboxylic acids is 2. The molecule has 6 heteroatoms. The molecular formula is C25H33ClN2O3. The first kappa shape index (κ1) is 24.7. The molecule has 31 heavy (non-hydrogen) atoms. The van der Waals surface area contributed by atoms with Crippen molar-refractivity contribution in [1.29, 1.82) is 0 Å². The second kappa shape index (κ2) is 12.4. The molecule has 0 aromatic heterocycles. The molecule has 0 aliphatic rings. The van der Waals surface area contributed by atoms with Crippen molar-refractivity contribution in [2.75, 3.05) is 13.2 Å². The minimum Gasteiger partial charge on any atom is -0.484 e. The van der Waals surface area contributed by atoms with E-state index in [9.17, 15) is 9.59 Å². The Morgan fingerprint density at radius 3 is 2.48 bits per heavy atom. The number of amides is 2. The van der Waals surface area contributed by atoms with Crippen LogP contribution in [0.5, 0.6) is 5.75 Å². The molecular weight excluding hydrogens is 412 g/mol. The molecule has 2 aromatic carbocycles. The van der Waals surface area contributed by atoms with Gasteiger partial charge in [0.2, 0.25) is 5.91 Å². The second-order valence-corrected chi connectivity index (χ2v) is 8.12. The lowest BCUT2D eigenvalue weighted by Gasteiger charge is -2.31. The van der Waals surface area contributed by atoms with Gasteiger partial charge in [0.25, 0.3) is 5.91 Å². The number of hydrogen-bond donors (Lipinski definition) is 1. The predicted molar refractivity (Wildman–Crippen MR) is 125 cm³/mol. The van der Waals surface area contributed by atoms with Crippen LogP contribution >= 0.6 is 11.6 Å². The second-order valence-electron chi connectivity index (χ2n) is 7.72. The van der Waals surface area contributed by atoms with Gasteiger partial charge in [-0.3, -0.25) is 9.59 Å². The molecule has 5 nitrogen and oxygen atoms in total. The Morgan fingerprint density at radius 2 is 1.84 bits per heavy atom. The van der Waals surface area contributed by atoms with Gasteiger partial charge in [0, 0.05) is 18.1 Å². The minimum atomic E-state index is -0.556. The van der Waals surface area contributed by atoms with Crippen LogP contribution in [0.1, 0.15) is 49.8 Å². The Kier molecular flexibility index (Phi) is 9.86. The number of carbonyl (C=O) groups is 2. The molecule has 0 bridgehead atoms. The first-order chi connectivity index (χ1) is 14.9. The topological polar surface area (TPSA) is 58.6 Å². The van der Waals surface area contributed by atoms with E-state index in [0.717, 1.165) is 29.5 Å². The summed E-state index contributed by atoms with van der Waals surface area (Å²) in [5.41, 5.74) is 2.97. The molecule has 2 rings (SSSR count). The van der Waals surface area contributed by atoms with E-state index in [-0.39, 0.29) is 18.4 Å². The van der Waals surface area contributed by atoms with Gasteiger partial charge < -0.3 is 15.0 Å². The number of aryl methyl sites for hydroxylation is 2. The van der Waals surface area contributed by atoms with Gasteiger partial charge in [0.05, 0.1) is 0 Å². The Balaban J connectivity index is 2.20. The fourth-order valence-electron chi connectivity index (χ4n) is 3.33. The highest BCUT2D eigenvalue weighted by Crippen LogP contribution is 2.21. The summed E-state index contributed by atoms with van der Waals surface area (Å²) in [6.07, 6.45) is 2.43. The Labute approximate surface area is 190 Å². The maximum Gasteiger partial charge on any atom is 0.261 e. The third kappa shape index (κ3) is 7.28. The van der Waals surface area contributed by atoms with Crippen LogP contribution in [0.4, 0.5) is 0 Å². The Hall–Kier alpha value is -2.53. The lowest BCUT2D eigenvalue weighted by molar-refractivity contribution is -0.143. The Morgan fingerprint density at radius 1 is 1.10 bits per heavy atom. The summed E-state index contributed by atoms with van der Waals surface area (Å²) in [4.78, 5) is 27.7. The average Bonchev–Trinajstić information content (AvgIpc) is 2.75. The minimum absolute atomic E-state index is 0.125. The Bertz CT molecular complexity index is 885. The van der Waals surface area contributed by atoms with Crippen molar-refractivity contribution in [3.63, 3.8) is 0 Å². The van der Waals surface area contributed by atoms with Gasteiger partial charge in [0.1, 0.15) is 11.8 Å². The number of unbranched alkanes of at least 4 members (excludes halogenated alkanes) is 1. The van der Waals surface area contributed by atoms with Gasteiger partial charge in [-0.15, -0.1) is 0 Å². The van der Waals surface area contributed by atoms with E-state index >= 15 is 0 Å².